The first-order valence-corrected chi connectivity index (χ1v) is 9.02. The predicted molar refractivity (Wildman–Crippen MR) is 98.8 cm³/mol. The molecule has 0 unspecified atom stereocenters. The smallest absolute Gasteiger partial charge is 0.277 e. The Morgan fingerprint density at radius 3 is 2.48 bits per heavy atom. The summed E-state index contributed by atoms with van der Waals surface area (Å²) >= 11 is 0.908. The topological polar surface area (TPSA) is 108 Å². The molecule has 1 atom stereocenters. The first kappa shape index (κ1) is 18.9. The highest BCUT2D eigenvalue weighted by molar-refractivity contribution is 8.15. The van der Waals surface area contributed by atoms with Crippen LogP contribution >= 0.6 is 11.8 Å². The number of hydrogen-bond acceptors (Lipinski definition) is 7. The summed E-state index contributed by atoms with van der Waals surface area (Å²) in [5.41, 5.74) is 0.756. The van der Waals surface area contributed by atoms with E-state index >= 15 is 0 Å². The molecule has 1 aromatic carbocycles. The lowest BCUT2D eigenvalue weighted by Gasteiger charge is -2.29. The van der Waals surface area contributed by atoms with Crippen molar-refractivity contribution in [2.24, 2.45) is 5.10 Å². The molecular formula is C17H18N4O5S. The third-order valence-corrected chi connectivity index (χ3v) is 5.25. The van der Waals surface area contributed by atoms with E-state index in [4.69, 9.17) is 4.74 Å². The van der Waals surface area contributed by atoms with Crippen LogP contribution in [0.2, 0.25) is 0 Å². The number of hydrazone groups is 1. The van der Waals surface area contributed by atoms with Crippen LogP contribution in [0.3, 0.4) is 0 Å². The molecule has 9 nitrogen and oxygen atoms in total. The Morgan fingerprint density at radius 2 is 1.93 bits per heavy atom. The van der Waals surface area contributed by atoms with E-state index in [1.165, 1.54) is 20.8 Å². The predicted octanol–water partition coefficient (Wildman–Crippen LogP) is 1.13. The molecular weight excluding hydrogens is 372 g/mol. The van der Waals surface area contributed by atoms with Crippen LogP contribution in [0, 0.1) is 0 Å². The Hall–Kier alpha value is -2.88. The molecule has 0 radical (unpaired) electrons. The number of nitrogens with one attached hydrogen (secondary N) is 1. The quantitative estimate of drug-likeness (QED) is 0.811. The molecule has 2 aliphatic heterocycles. The second kappa shape index (κ2) is 6.69. The van der Waals surface area contributed by atoms with Gasteiger partial charge in [-0.1, -0.05) is 0 Å². The van der Waals surface area contributed by atoms with Gasteiger partial charge in [-0.25, -0.2) is 4.90 Å². The minimum Gasteiger partial charge on any atom is -0.494 e. The number of ether oxygens (including phenoxy) is 1. The van der Waals surface area contributed by atoms with Crippen molar-refractivity contribution >= 4 is 46.2 Å². The standard InChI is InChI=1S/C17H18N4O5S/c1-5-26-12-6-7-14-13(8-12)17(15(25)20(14)10(3)23)21(11(4)24)19-16(27-17)18-9(2)22/h6-8H,5H2,1-4H3,(H,18,19,22)/t17-/m1/s1. The second-order valence-corrected chi connectivity index (χ2v) is 7.12. The number of carbonyl (C=O) groups is 4. The summed E-state index contributed by atoms with van der Waals surface area (Å²) < 4.78 is 5.52. The molecule has 0 saturated carbocycles. The normalized spacial score (nSPS) is 20.6. The number of nitrogens with zero attached hydrogens (tertiary/aromatic N) is 3. The number of carbonyl (C=O) groups excluding carboxylic acids is 4. The van der Waals surface area contributed by atoms with Crippen molar-refractivity contribution in [1.29, 1.82) is 0 Å². The summed E-state index contributed by atoms with van der Waals surface area (Å²) in [6.45, 7) is 6.06. The number of benzene rings is 1. The molecule has 2 aliphatic rings. The van der Waals surface area contributed by atoms with Gasteiger partial charge in [-0.15, -0.1) is 5.10 Å². The Morgan fingerprint density at radius 1 is 1.22 bits per heavy atom. The minimum atomic E-state index is -1.61. The third-order valence-electron chi connectivity index (χ3n) is 4.01. The van der Waals surface area contributed by atoms with Crippen molar-refractivity contribution in [2.45, 2.75) is 32.6 Å². The van der Waals surface area contributed by atoms with E-state index in [2.05, 4.69) is 10.4 Å². The molecule has 10 heteroatoms. The van der Waals surface area contributed by atoms with Gasteiger partial charge in [0.25, 0.3) is 5.91 Å². The highest BCUT2D eigenvalue weighted by atomic mass is 32.2. The number of imide groups is 1. The number of fused-ring (bicyclic) bond motifs is 2. The largest absolute Gasteiger partial charge is 0.494 e. The minimum absolute atomic E-state index is 0.101. The molecule has 0 saturated heterocycles. The van der Waals surface area contributed by atoms with E-state index in [0.717, 1.165) is 21.7 Å². The maximum Gasteiger partial charge on any atom is 0.277 e. The Bertz CT molecular complexity index is 899. The number of amides is 4. The molecule has 142 valence electrons. The molecule has 1 spiro atoms. The van der Waals surface area contributed by atoms with Gasteiger partial charge in [0.2, 0.25) is 22.6 Å². The van der Waals surface area contributed by atoms with Crippen LogP contribution in [-0.4, -0.2) is 40.4 Å². The number of amidine groups is 1. The molecule has 0 aromatic heterocycles. The van der Waals surface area contributed by atoms with Gasteiger partial charge in [-0.05, 0) is 36.9 Å². The van der Waals surface area contributed by atoms with E-state index < -0.39 is 22.6 Å². The Balaban J connectivity index is 2.21. The average molecular weight is 390 g/mol. The van der Waals surface area contributed by atoms with E-state index in [9.17, 15) is 19.2 Å². The molecule has 27 heavy (non-hydrogen) atoms. The van der Waals surface area contributed by atoms with Crippen molar-refractivity contribution in [2.75, 3.05) is 11.5 Å². The van der Waals surface area contributed by atoms with Crippen molar-refractivity contribution in [1.82, 2.24) is 10.3 Å². The first-order chi connectivity index (χ1) is 12.7. The van der Waals surface area contributed by atoms with Crippen LogP contribution in [0.4, 0.5) is 5.69 Å². The van der Waals surface area contributed by atoms with Crippen LogP contribution < -0.4 is 15.0 Å². The molecule has 1 aromatic rings. The summed E-state index contributed by atoms with van der Waals surface area (Å²) in [6, 6.07) is 4.87. The number of anilines is 1. The molecule has 0 bridgehead atoms. The highest BCUT2D eigenvalue weighted by Gasteiger charge is 2.62. The van der Waals surface area contributed by atoms with Crippen LogP contribution in [-0.2, 0) is 24.0 Å². The molecule has 1 N–H and O–H groups in total. The van der Waals surface area contributed by atoms with Gasteiger partial charge >= 0.3 is 0 Å². The lowest BCUT2D eigenvalue weighted by atomic mass is 10.1. The molecule has 4 amide bonds. The van der Waals surface area contributed by atoms with E-state index in [1.807, 2.05) is 6.92 Å². The van der Waals surface area contributed by atoms with Gasteiger partial charge in [0.1, 0.15) is 5.75 Å². The van der Waals surface area contributed by atoms with Gasteiger partial charge in [0, 0.05) is 26.3 Å². The molecule has 0 aliphatic carbocycles. The average Bonchev–Trinajstić information content (AvgIpc) is 3.06. The van der Waals surface area contributed by atoms with Crippen molar-refractivity contribution in [3.63, 3.8) is 0 Å². The number of hydrogen-bond donors (Lipinski definition) is 1. The lowest BCUT2D eigenvalue weighted by Crippen LogP contribution is -2.49. The van der Waals surface area contributed by atoms with E-state index in [-0.39, 0.29) is 11.1 Å². The molecule has 3 rings (SSSR count). The monoisotopic (exact) mass is 390 g/mol. The summed E-state index contributed by atoms with van der Waals surface area (Å²) in [5, 5.41) is 7.72. The summed E-state index contributed by atoms with van der Waals surface area (Å²) in [4.78, 5) is 48.6. The van der Waals surface area contributed by atoms with Gasteiger partial charge in [0.15, 0.2) is 5.17 Å². The van der Waals surface area contributed by atoms with Crippen molar-refractivity contribution in [3.05, 3.63) is 23.8 Å². The zero-order chi connectivity index (χ0) is 19.9. The van der Waals surface area contributed by atoms with Gasteiger partial charge in [-0.3, -0.25) is 19.2 Å². The van der Waals surface area contributed by atoms with Crippen LogP contribution in [0.25, 0.3) is 0 Å². The molecule has 0 fully saturated rings. The summed E-state index contributed by atoms with van der Waals surface area (Å²) in [5.74, 6) is -1.51. The zero-order valence-corrected chi connectivity index (χ0v) is 16.0. The first-order valence-electron chi connectivity index (χ1n) is 8.20. The fourth-order valence-corrected chi connectivity index (χ4v) is 4.39. The van der Waals surface area contributed by atoms with Crippen molar-refractivity contribution < 1.29 is 23.9 Å². The molecule has 2 heterocycles. The number of rotatable bonds is 2. The van der Waals surface area contributed by atoms with Gasteiger partial charge in [0.05, 0.1) is 12.3 Å². The van der Waals surface area contributed by atoms with Crippen LogP contribution in [0.1, 0.15) is 33.3 Å². The number of thioether (sulfide) groups is 1. The van der Waals surface area contributed by atoms with Crippen LogP contribution in [0.15, 0.2) is 23.3 Å². The fraction of sp³-hybridized carbons (Fsp3) is 0.353. The van der Waals surface area contributed by atoms with Crippen molar-refractivity contribution in [3.8, 4) is 5.75 Å². The van der Waals surface area contributed by atoms with E-state index in [0.29, 0.717) is 23.6 Å². The fourth-order valence-electron chi connectivity index (χ4n) is 3.09. The van der Waals surface area contributed by atoms with Crippen LogP contribution in [0.5, 0.6) is 5.75 Å². The maximum atomic E-state index is 13.3. The summed E-state index contributed by atoms with van der Waals surface area (Å²) in [6.07, 6.45) is 0. The Kier molecular flexibility index (Phi) is 4.68. The lowest BCUT2D eigenvalue weighted by molar-refractivity contribution is -0.140. The summed E-state index contributed by atoms with van der Waals surface area (Å²) in [7, 11) is 0. The van der Waals surface area contributed by atoms with Gasteiger partial charge < -0.3 is 10.1 Å². The second-order valence-electron chi connectivity index (χ2n) is 5.93. The Labute approximate surface area is 159 Å². The zero-order valence-electron chi connectivity index (χ0n) is 15.2. The maximum absolute atomic E-state index is 13.3. The highest BCUT2D eigenvalue weighted by Crippen LogP contribution is 2.55. The SMILES string of the molecule is CCOc1ccc2c(c1)[C@@]1(SC(NC(C)=O)=NN1C(C)=O)C(=O)N2C(C)=O. The van der Waals surface area contributed by atoms with Gasteiger partial charge in [-0.2, -0.15) is 5.01 Å². The third kappa shape index (κ3) is 2.85. The van der Waals surface area contributed by atoms with E-state index in [1.54, 1.807) is 18.2 Å².